The van der Waals surface area contributed by atoms with Crippen LogP contribution in [-0.2, 0) is 0 Å². The van der Waals surface area contributed by atoms with Gasteiger partial charge in [0, 0.05) is 17.8 Å². The number of anilines is 1. The summed E-state index contributed by atoms with van der Waals surface area (Å²) in [5.74, 6) is 1.63. The third-order valence-electron chi connectivity index (χ3n) is 2.68. The lowest BCUT2D eigenvalue weighted by atomic mass is 10.2. The highest BCUT2D eigenvalue weighted by Gasteiger charge is 2.07. The van der Waals surface area contributed by atoms with Crippen molar-refractivity contribution in [1.82, 2.24) is 0 Å². The SMILES string of the molecule is CCCC(C)Nc1ccc(OCC)c(OCC)c1. The first-order valence-electron chi connectivity index (χ1n) is 6.87. The van der Waals surface area contributed by atoms with E-state index in [1.54, 1.807) is 0 Å². The number of rotatable bonds is 8. The minimum atomic E-state index is 0.474. The van der Waals surface area contributed by atoms with Crippen molar-refractivity contribution in [3.05, 3.63) is 18.2 Å². The highest BCUT2D eigenvalue weighted by Crippen LogP contribution is 2.31. The van der Waals surface area contributed by atoms with Gasteiger partial charge in [-0.05, 0) is 39.3 Å². The molecule has 0 amide bonds. The second-order valence-corrected chi connectivity index (χ2v) is 4.36. The number of nitrogens with one attached hydrogen (secondary N) is 1. The van der Waals surface area contributed by atoms with E-state index < -0.39 is 0 Å². The molecule has 0 aromatic heterocycles. The summed E-state index contributed by atoms with van der Waals surface area (Å²) < 4.78 is 11.2. The molecule has 0 radical (unpaired) electrons. The van der Waals surface area contributed by atoms with Crippen molar-refractivity contribution in [1.29, 1.82) is 0 Å². The molecule has 18 heavy (non-hydrogen) atoms. The van der Waals surface area contributed by atoms with Gasteiger partial charge in [0.1, 0.15) is 0 Å². The van der Waals surface area contributed by atoms with E-state index in [0.717, 1.165) is 23.6 Å². The van der Waals surface area contributed by atoms with Gasteiger partial charge in [-0.25, -0.2) is 0 Å². The van der Waals surface area contributed by atoms with E-state index in [1.807, 2.05) is 32.0 Å². The molecule has 0 fully saturated rings. The molecular formula is C15H25NO2. The van der Waals surface area contributed by atoms with Gasteiger partial charge in [-0.2, -0.15) is 0 Å². The van der Waals surface area contributed by atoms with Crippen LogP contribution in [0.2, 0.25) is 0 Å². The van der Waals surface area contributed by atoms with Crippen LogP contribution in [0.5, 0.6) is 11.5 Å². The molecule has 0 bridgehead atoms. The van der Waals surface area contributed by atoms with Crippen molar-refractivity contribution in [3.8, 4) is 11.5 Å². The fourth-order valence-electron chi connectivity index (χ4n) is 1.93. The molecule has 0 saturated carbocycles. The fourth-order valence-corrected chi connectivity index (χ4v) is 1.93. The zero-order valence-corrected chi connectivity index (χ0v) is 12.0. The molecule has 0 heterocycles. The van der Waals surface area contributed by atoms with E-state index in [0.29, 0.717) is 19.3 Å². The van der Waals surface area contributed by atoms with Crippen LogP contribution in [0.3, 0.4) is 0 Å². The Labute approximate surface area is 110 Å². The van der Waals surface area contributed by atoms with Gasteiger partial charge in [0.2, 0.25) is 0 Å². The van der Waals surface area contributed by atoms with E-state index in [1.165, 1.54) is 6.42 Å². The molecule has 0 spiro atoms. The molecule has 102 valence electrons. The molecule has 0 aliphatic rings. The minimum Gasteiger partial charge on any atom is -0.490 e. The highest BCUT2D eigenvalue weighted by atomic mass is 16.5. The lowest BCUT2D eigenvalue weighted by Crippen LogP contribution is -2.14. The van der Waals surface area contributed by atoms with E-state index in [9.17, 15) is 0 Å². The second kappa shape index (κ2) is 7.85. The molecule has 0 aliphatic heterocycles. The smallest absolute Gasteiger partial charge is 0.163 e. The van der Waals surface area contributed by atoms with Crippen LogP contribution >= 0.6 is 0 Å². The molecule has 1 unspecified atom stereocenters. The van der Waals surface area contributed by atoms with Crippen LogP contribution in [0.1, 0.15) is 40.5 Å². The normalized spacial score (nSPS) is 12.0. The monoisotopic (exact) mass is 251 g/mol. The van der Waals surface area contributed by atoms with E-state index in [-0.39, 0.29) is 0 Å². The quantitative estimate of drug-likeness (QED) is 0.755. The predicted octanol–water partition coefficient (Wildman–Crippen LogP) is 4.08. The van der Waals surface area contributed by atoms with Crippen LogP contribution in [0.25, 0.3) is 0 Å². The largest absolute Gasteiger partial charge is 0.490 e. The van der Waals surface area contributed by atoms with Crippen LogP contribution in [-0.4, -0.2) is 19.3 Å². The zero-order chi connectivity index (χ0) is 13.4. The highest BCUT2D eigenvalue weighted by molar-refractivity contribution is 5.55. The van der Waals surface area contributed by atoms with Crippen molar-refractivity contribution >= 4 is 5.69 Å². The molecule has 3 nitrogen and oxygen atoms in total. The Morgan fingerprint density at radius 3 is 2.33 bits per heavy atom. The van der Waals surface area contributed by atoms with Gasteiger partial charge in [0.25, 0.3) is 0 Å². The Balaban J connectivity index is 2.78. The maximum absolute atomic E-state index is 5.61. The standard InChI is InChI=1S/C15H25NO2/c1-5-8-12(4)16-13-9-10-14(17-6-2)15(11-13)18-7-3/h9-12,16H,5-8H2,1-4H3. The summed E-state index contributed by atoms with van der Waals surface area (Å²) in [6.07, 6.45) is 2.35. The first-order valence-corrected chi connectivity index (χ1v) is 6.87. The maximum atomic E-state index is 5.61. The zero-order valence-electron chi connectivity index (χ0n) is 12.0. The Bertz CT molecular complexity index is 352. The molecule has 1 aromatic carbocycles. The number of hydrogen-bond acceptors (Lipinski definition) is 3. The lowest BCUT2D eigenvalue weighted by Gasteiger charge is -2.17. The van der Waals surface area contributed by atoms with Crippen LogP contribution in [0.4, 0.5) is 5.69 Å². The first kappa shape index (κ1) is 14.7. The van der Waals surface area contributed by atoms with Gasteiger partial charge in [-0.15, -0.1) is 0 Å². The molecular weight excluding hydrogens is 226 g/mol. The molecule has 3 heteroatoms. The summed E-state index contributed by atoms with van der Waals surface area (Å²) in [6.45, 7) is 9.65. The predicted molar refractivity (Wildman–Crippen MR) is 76.8 cm³/mol. The van der Waals surface area contributed by atoms with Crippen molar-refractivity contribution in [2.24, 2.45) is 0 Å². The third-order valence-corrected chi connectivity index (χ3v) is 2.68. The lowest BCUT2D eigenvalue weighted by molar-refractivity contribution is 0.288. The van der Waals surface area contributed by atoms with Crippen LogP contribution in [0.15, 0.2) is 18.2 Å². The third kappa shape index (κ3) is 4.47. The molecule has 1 aromatic rings. The molecule has 0 aliphatic carbocycles. The second-order valence-electron chi connectivity index (χ2n) is 4.36. The summed E-state index contributed by atoms with van der Waals surface area (Å²) in [7, 11) is 0. The van der Waals surface area contributed by atoms with Gasteiger partial charge < -0.3 is 14.8 Å². The summed E-state index contributed by atoms with van der Waals surface area (Å²) >= 11 is 0. The van der Waals surface area contributed by atoms with Crippen molar-refractivity contribution in [3.63, 3.8) is 0 Å². The Morgan fingerprint density at radius 2 is 1.72 bits per heavy atom. The Kier molecular flexibility index (Phi) is 6.40. The van der Waals surface area contributed by atoms with E-state index in [4.69, 9.17) is 9.47 Å². The van der Waals surface area contributed by atoms with Gasteiger partial charge in [0.05, 0.1) is 13.2 Å². The summed E-state index contributed by atoms with van der Waals surface area (Å²) in [6, 6.07) is 6.50. The fraction of sp³-hybridized carbons (Fsp3) is 0.600. The van der Waals surface area contributed by atoms with Crippen LogP contribution in [0, 0.1) is 0 Å². The van der Waals surface area contributed by atoms with E-state index in [2.05, 4.69) is 19.2 Å². The topological polar surface area (TPSA) is 30.5 Å². The Morgan fingerprint density at radius 1 is 1.06 bits per heavy atom. The number of ether oxygens (including phenoxy) is 2. The van der Waals surface area contributed by atoms with E-state index >= 15 is 0 Å². The Hall–Kier alpha value is -1.38. The summed E-state index contributed by atoms with van der Waals surface area (Å²) in [4.78, 5) is 0. The average Bonchev–Trinajstić information content (AvgIpc) is 2.33. The summed E-state index contributed by atoms with van der Waals surface area (Å²) in [5, 5.41) is 3.48. The number of benzene rings is 1. The first-order chi connectivity index (χ1) is 8.71. The molecule has 0 saturated heterocycles. The maximum Gasteiger partial charge on any atom is 0.163 e. The molecule has 1 N–H and O–H groups in total. The van der Waals surface area contributed by atoms with Gasteiger partial charge >= 0.3 is 0 Å². The molecule has 1 rings (SSSR count). The van der Waals surface area contributed by atoms with Crippen LogP contribution < -0.4 is 14.8 Å². The molecule has 1 atom stereocenters. The minimum absolute atomic E-state index is 0.474. The van der Waals surface area contributed by atoms with Gasteiger partial charge in [-0.3, -0.25) is 0 Å². The average molecular weight is 251 g/mol. The summed E-state index contributed by atoms with van der Waals surface area (Å²) in [5.41, 5.74) is 1.09. The van der Waals surface area contributed by atoms with Crippen molar-refractivity contribution < 1.29 is 9.47 Å². The number of hydrogen-bond donors (Lipinski definition) is 1. The van der Waals surface area contributed by atoms with Crippen molar-refractivity contribution in [2.45, 2.75) is 46.6 Å². The van der Waals surface area contributed by atoms with Crippen molar-refractivity contribution in [2.75, 3.05) is 18.5 Å². The van der Waals surface area contributed by atoms with Gasteiger partial charge in [-0.1, -0.05) is 13.3 Å². The van der Waals surface area contributed by atoms with Gasteiger partial charge in [0.15, 0.2) is 11.5 Å².